The number of rotatable bonds is 8. The van der Waals surface area contributed by atoms with Crippen molar-refractivity contribution in [1.82, 2.24) is 9.97 Å². The van der Waals surface area contributed by atoms with Crippen molar-refractivity contribution >= 4 is 44.6 Å². The number of fused-ring (bicyclic) bond motifs is 3. The Morgan fingerprint density at radius 3 is 1.66 bits per heavy atom. The summed E-state index contributed by atoms with van der Waals surface area (Å²) in [5, 5.41) is 2.12. The van der Waals surface area contributed by atoms with Crippen LogP contribution in [0.4, 0.5) is 17.1 Å². The van der Waals surface area contributed by atoms with Gasteiger partial charge in [-0.3, -0.25) is 0 Å². The van der Waals surface area contributed by atoms with Crippen LogP contribution >= 0.6 is 0 Å². The highest BCUT2D eigenvalue weighted by molar-refractivity contribution is 6.07. The summed E-state index contributed by atoms with van der Waals surface area (Å²) in [6.07, 6.45) is 8.71. The molecular weight excluding hydrogens is 683 g/mol. The van der Waals surface area contributed by atoms with E-state index in [-0.39, 0.29) is 0 Å². The fourth-order valence-corrected chi connectivity index (χ4v) is 7.64. The van der Waals surface area contributed by atoms with Crippen molar-refractivity contribution in [2.75, 3.05) is 4.90 Å². The van der Waals surface area contributed by atoms with Crippen LogP contribution in [0.5, 0.6) is 0 Å². The highest BCUT2D eigenvalue weighted by Crippen LogP contribution is 2.40. The number of hydrogen-bond donors (Lipinski definition) is 0. The minimum atomic E-state index is 0.698. The lowest BCUT2D eigenvalue weighted by Crippen LogP contribution is -2.09. The van der Waals surface area contributed by atoms with Crippen LogP contribution in [0.15, 0.2) is 205 Å². The van der Waals surface area contributed by atoms with Gasteiger partial charge in [0.05, 0.1) is 11.4 Å². The number of anilines is 3. The number of hydrogen-bond acceptors (Lipinski definition) is 4. The Hall–Kier alpha value is -7.30. The van der Waals surface area contributed by atoms with Crippen molar-refractivity contribution in [1.29, 1.82) is 0 Å². The first-order chi connectivity index (χ1) is 27.7. The number of allylic oxidation sites excluding steroid dienone is 4. The Bertz CT molecular complexity index is 2880. The van der Waals surface area contributed by atoms with Gasteiger partial charge in [0.1, 0.15) is 11.2 Å². The molecule has 4 heteroatoms. The monoisotopic (exact) mass is 719 g/mol. The molecular formula is C52H37N3O. The van der Waals surface area contributed by atoms with Crippen molar-refractivity contribution in [3.05, 3.63) is 206 Å². The van der Waals surface area contributed by atoms with Gasteiger partial charge in [-0.05, 0) is 101 Å². The quantitative estimate of drug-likeness (QED) is 0.157. The largest absolute Gasteiger partial charge is 0.456 e. The fourth-order valence-electron chi connectivity index (χ4n) is 7.64. The first-order valence-electron chi connectivity index (χ1n) is 19.1. The molecule has 0 aliphatic heterocycles. The molecule has 4 nitrogen and oxygen atoms in total. The van der Waals surface area contributed by atoms with E-state index in [1.807, 2.05) is 12.1 Å². The SMILES string of the molecule is C1=CC(c2cc(-c3ccc4c(c3)oc3ccc(N(c5ccccc5)c5ccc(-c6ccccc6)cc5)cc34)nc(-c3ccc(-c4ccccc4)cc3)n2)=CCC1. The summed E-state index contributed by atoms with van der Waals surface area (Å²) in [6, 6.07) is 63.7. The van der Waals surface area contributed by atoms with Gasteiger partial charge < -0.3 is 9.32 Å². The molecule has 2 aromatic heterocycles. The lowest BCUT2D eigenvalue weighted by Gasteiger charge is -2.25. The van der Waals surface area contributed by atoms with E-state index in [0.717, 1.165) is 85.5 Å². The number of benzene rings is 7. The minimum Gasteiger partial charge on any atom is -0.456 e. The fraction of sp³-hybridized carbons (Fsp3) is 0.0385. The van der Waals surface area contributed by atoms with E-state index in [0.29, 0.717) is 5.82 Å². The Morgan fingerprint density at radius 1 is 0.411 bits per heavy atom. The van der Waals surface area contributed by atoms with Gasteiger partial charge in [0.25, 0.3) is 0 Å². The topological polar surface area (TPSA) is 42.2 Å². The molecule has 56 heavy (non-hydrogen) atoms. The zero-order valence-corrected chi connectivity index (χ0v) is 30.7. The van der Waals surface area contributed by atoms with Crippen LogP contribution in [0, 0.1) is 0 Å². The van der Waals surface area contributed by atoms with E-state index in [1.54, 1.807) is 0 Å². The van der Waals surface area contributed by atoms with Crippen LogP contribution in [-0.4, -0.2) is 9.97 Å². The third kappa shape index (κ3) is 6.48. The van der Waals surface area contributed by atoms with E-state index in [9.17, 15) is 0 Å². The molecule has 0 fully saturated rings. The second-order valence-electron chi connectivity index (χ2n) is 14.1. The van der Waals surface area contributed by atoms with Gasteiger partial charge in [-0.2, -0.15) is 0 Å². The van der Waals surface area contributed by atoms with Crippen LogP contribution in [0.25, 0.3) is 72.4 Å². The first-order valence-corrected chi connectivity index (χ1v) is 19.1. The van der Waals surface area contributed by atoms with Gasteiger partial charge in [-0.1, -0.05) is 140 Å². The molecule has 1 aliphatic carbocycles. The summed E-state index contributed by atoms with van der Waals surface area (Å²) in [4.78, 5) is 12.5. The van der Waals surface area contributed by atoms with E-state index >= 15 is 0 Å². The normalized spacial score (nSPS) is 12.5. The van der Waals surface area contributed by atoms with Crippen LogP contribution in [0.3, 0.4) is 0 Å². The van der Waals surface area contributed by atoms with Crippen molar-refractivity contribution < 1.29 is 4.42 Å². The summed E-state index contributed by atoms with van der Waals surface area (Å²) in [7, 11) is 0. The first kappa shape index (κ1) is 33.3. The van der Waals surface area contributed by atoms with E-state index < -0.39 is 0 Å². The average Bonchev–Trinajstić information content (AvgIpc) is 3.65. The lowest BCUT2D eigenvalue weighted by atomic mass is 10.0. The Kier molecular flexibility index (Phi) is 8.62. The van der Waals surface area contributed by atoms with Crippen LogP contribution < -0.4 is 4.90 Å². The van der Waals surface area contributed by atoms with Crippen LogP contribution in [-0.2, 0) is 0 Å². The zero-order chi connectivity index (χ0) is 37.3. The Labute approximate surface area is 326 Å². The Morgan fingerprint density at radius 2 is 0.982 bits per heavy atom. The van der Waals surface area contributed by atoms with Crippen molar-refractivity contribution in [2.24, 2.45) is 0 Å². The molecule has 9 aromatic rings. The average molecular weight is 720 g/mol. The molecule has 0 N–H and O–H groups in total. The molecule has 0 saturated heterocycles. The van der Waals surface area contributed by atoms with Gasteiger partial charge in [0.2, 0.25) is 0 Å². The summed E-state index contributed by atoms with van der Waals surface area (Å²) >= 11 is 0. The van der Waals surface area contributed by atoms with Gasteiger partial charge in [0, 0.05) is 39.0 Å². The maximum atomic E-state index is 6.56. The predicted octanol–water partition coefficient (Wildman–Crippen LogP) is 14.2. The van der Waals surface area contributed by atoms with Gasteiger partial charge in [-0.15, -0.1) is 0 Å². The molecule has 0 saturated carbocycles. The van der Waals surface area contributed by atoms with Crippen LogP contribution in [0.2, 0.25) is 0 Å². The second kappa shape index (κ2) is 14.5. The number of aromatic nitrogens is 2. The smallest absolute Gasteiger partial charge is 0.160 e. The van der Waals surface area contributed by atoms with E-state index in [4.69, 9.17) is 14.4 Å². The summed E-state index contributed by atoms with van der Waals surface area (Å²) < 4.78 is 6.56. The highest BCUT2D eigenvalue weighted by atomic mass is 16.3. The van der Waals surface area contributed by atoms with Crippen molar-refractivity contribution in [3.8, 4) is 44.9 Å². The Balaban J connectivity index is 1.03. The molecule has 0 unspecified atom stereocenters. The summed E-state index contributed by atoms with van der Waals surface area (Å²) in [5.74, 6) is 0.698. The summed E-state index contributed by atoms with van der Waals surface area (Å²) in [5.41, 5.74) is 14.5. The molecule has 0 bridgehead atoms. The van der Waals surface area contributed by atoms with Gasteiger partial charge in [0.15, 0.2) is 5.82 Å². The lowest BCUT2D eigenvalue weighted by molar-refractivity contribution is 0.669. The molecule has 0 spiro atoms. The molecule has 266 valence electrons. The molecule has 1 aliphatic rings. The number of furan rings is 1. The number of nitrogens with zero attached hydrogens (tertiary/aromatic N) is 3. The van der Waals surface area contributed by atoms with E-state index in [1.165, 1.54) is 16.7 Å². The van der Waals surface area contributed by atoms with Crippen LogP contribution in [0.1, 0.15) is 18.5 Å². The molecule has 0 amide bonds. The summed E-state index contributed by atoms with van der Waals surface area (Å²) in [6.45, 7) is 0. The standard InChI is InChI=1S/C52H37N3O/c1-5-13-36(14-6-1)38-21-23-41(24-22-38)52-53-48(40-17-9-3-10-18-40)35-49(54-52)42-27-31-46-47-34-45(30-32-50(47)56-51(46)33-42)55(43-19-11-4-12-20-43)44-28-25-39(26-29-44)37-15-7-2-8-16-37/h1-2,4-9,11-35H,3,10H2. The molecule has 2 heterocycles. The predicted molar refractivity (Wildman–Crippen MR) is 232 cm³/mol. The van der Waals surface area contributed by atoms with Crippen molar-refractivity contribution in [2.45, 2.75) is 12.8 Å². The van der Waals surface area contributed by atoms with E-state index in [2.05, 4.69) is 193 Å². The molecule has 0 radical (unpaired) electrons. The minimum absolute atomic E-state index is 0.698. The molecule has 0 atom stereocenters. The zero-order valence-electron chi connectivity index (χ0n) is 30.7. The maximum absolute atomic E-state index is 6.56. The van der Waals surface area contributed by atoms with Gasteiger partial charge >= 0.3 is 0 Å². The third-order valence-electron chi connectivity index (χ3n) is 10.5. The third-order valence-corrected chi connectivity index (χ3v) is 10.5. The highest BCUT2D eigenvalue weighted by Gasteiger charge is 2.18. The maximum Gasteiger partial charge on any atom is 0.160 e. The number of para-hydroxylation sites is 1. The van der Waals surface area contributed by atoms with Crippen molar-refractivity contribution in [3.63, 3.8) is 0 Å². The molecule has 10 rings (SSSR count). The second-order valence-corrected chi connectivity index (χ2v) is 14.1. The molecule has 7 aromatic carbocycles. The van der Waals surface area contributed by atoms with Gasteiger partial charge in [-0.25, -0.2) is 9.97 Å².